The molecule has 158 valence electrons. The number of nitrogens with zero attached hydrogens (tertiary/aromatic N) is 2. The summed E-state index contributed by atoms with van der Waals surface area (Å²) >= 11 is 3.38. The number of ether oxygens (including phenoxy) is 1. The Labute approximate surface area is 186 Å². The Kier molecular flexibility index (Phi) is 6.66. The van der Waals surface area contributed by atoms with Crippen LogP contribution in [-0.2, 0) is 4.79 Å². The van der Waals surface area contributed by atoms with Crippen molar-refractivity contribution in [1.82, 2.24) is 5.43 Å². The van der Waals surface area contributed by atoms with E-state index in [0.29, 0.717) is 5.75 Å². The Balaban J connectivity index is 1.69. The van der Waals surface area contributed by atoms with Gasteiger partial charge in [0, 0.05) is 22.3 Å². The second kappa shape index (κ2) is 9.04. The molecule has 0 saturated heterocycles. The van der Waals surface area contributed by atoms with Gasteiger partial charge in [-0.3, -0.25) is 4.79 Å². The van der Waals surface area contributed by atoms with Crippen LogP contribution in [0, 0.1) is 6.92 Å². The molecule has 0 unspecified atom stereocenters. The fourth-order valence-corrected chi connectivity index (χ4v) is 4.25. The van der Waals surface area contributed by atoms with Crippen LogP contribution >= 0.6 is 15.9 Å². The highest BCUT2D eigenvalue weighted by Gasteiger charge is 2.30. The lowest BCUT2D eigenvalue weighted by molar-refractivity contribution is -0.123. The van der Waals surface area contributed by atoms with Crippen LogP contribution in [0.2, 0.25) is 0 Å². The van der Waals surface area contributed by atoms with Gasteiger partial charge in [-0.25, -0.2) is 5.43 Å². The monoisotopic (exact) mass is 469 g/mol. The van der Waals surface area contributed by atoms with Crippen molar-refractivity contribution in [1.29, 1.82) is 0 Å². The maximum Gasteiger partial charge on any atom is 0.277 e. The molecule has 0 saturated carbocycles. The zero-order chi connectivity index (χ0) is 21.9. The van der Waals surface area contributed by atoms with Gasteiger partial charge in [-0.2, -0.15) is 5.10 Å². The van der Waals surface area contributed by atoms with E-state index in [-0.39, 0.29) is 18.1 Å². The first kappa shape index (κ1) is 22.1. The minimum Gasteiger partial charge on any atom is -0.484 e. The number of nitrogens with one attached hydrogen (secondary N) is 1. The molecule has 0 aliphatic carbocycles. The Morgan fingerprint density at radius 2 is 2.03 bits per heavy atom. The minimum absolute atomic E-state index is 0.0177. The third-order valence-corrected chi connectivity index (χ3v) is 5.73. The van der Waals surface area contributed by atoms with E-state index in [0.717, 1.165) is 22.1 Å². The van der Waals surface area contributed by atoms with Crippen LogP contribution in [0.4, 0.5) is 5.69 Å². The van der Waals surface area contributed by atoms with Crippen LogP contribution in [0.5, 0.6) is 5.75 Å². The molecule has 1 aliphatic heterocycles. The van der Waals surface area contributed by atoms with Gasteiger partial charge in [0.1, 0.15) is 5.75 Å². The molecule has 0 radical (unpaired) electrons. The summed E-state index contributed by atoms with van der Waals surface area (Å²) in [5, 5.41) is 4.13. The number of aryl methyl sites for hydroxylation is 1. The molecule has 1 heterocycles. The summed E-state index contributed by atoms with van der Waals surface area (Å²) in [6, 6.07) is 11.7. The van der Waals surface area contributed by atoms with Crippen molar-refractivity contribution in [2.75, 3.05) is 18.1 Å². The van der Waals surface area contributed by atoms with Crippen molar-refractivity contribution in [2.45, 2.75) is 40.2 Å². The molecule has 0 atom stereocenters. The van der Waals surface area contributed by atoms with E-state index in [1.54, 1.807) is 12.3 Å². The van der Waals surface area contributed by atoms with Crippen molar-refractivity contribution in [3.63, 3.8) is 0 Å². The topological polar surface area (TPSA) is 53.9 Å². The Morgan fingerprint density at radius 3 is 2.73 bits per heavy atom. The first-order valence-corrected chi connectivity index (χ1v) is 10.8. The number of rotatable bonds is 6. The molecule has 2 aromatic rings. The summed E-state index contributed by atoms with van der Waals surface area (Å²) < 4.78 is 6.38. The summed E-state index contributed by atoms with van der Waals surface area (Å²) in [5.74, 6) is 0.316. The highest BCUT2D eigenvalue weighted by molar-refractivity contribution is 9.10. The summed E-state index contributed by atoms with van der Waals surface area (Å²) in [5.41, 5.74) is 8.30. The fraction of sp³-hybridized carbons (Fsp3) is 0.333. The van der Waals surface area contributed by atoms with E-state index in [4.69, 9.17) is 4.74 Å². The lowest BCUT2D eigenvalue weighted by Crippen LogP contribution is -2.45. The van der Waals surface area contributed by atoms with Gasteiger partial charge in [-0.05, 0) is 81.7 Å². The van der Waals surface area contributed by atoms with Gasteiger partial charge in [0.2, 0.25) is 0 Å². The lowest BCUT2D eigenvalue weighted by Gasteiger charge is -2.43. The van der Waals surface area contributed by atoms with Crippen molar-refractivity contribution >= 4 is 39.3 Å². The smallest absolute Gasteiger partial charge is 0.277 e. The molecule has 5 nitrogen and oxygen atoms in total. The third kappa shape index (κ3) is 4.93. The number of hydrazone groups is 1. The number of likely N-dealkylation sites (N-methyl/N-ethyl adjacent to an activating group) is 1. The molecule has 1 amide bonds. The van der Waals surface area contributed by atoms with Gasteiger partial charge in [0.25, 0.3) is 5.91 Å². The number of carbonyl (C=O) groups is 1. The number of carbonyl (C=O) groups excluding carboxylic acids is 1. The van der Waals surface area contributed by atoms with Crippen LogP contribution < -0.4 is 15.1 Å². The fourth-order valence-electron chi connectivity index (χ4n) is 3.87. The highest BCUT2D eigenvalue weighted by Crippen LogP contribution is 2.39. The van der Waals surface area contributed by atoms with E-state index >= 15 is 0 Å². The van der Waals surface area contributed by atoms with E-state index in [1.165, 1.54) is 16.8 Å². The van der Waals surface area contributed by atoms with Crippen LogP contribution in [0.3, 0.4) is 0 Å². The molecule has 6 heteroatoms. The van der Waals surface area contributed by atoms with Gasteiger partial charge in [0.15, 0.2) is 6.61 Å². The number of halogens is 1. The van der Waals surface area contributed by atoms with Crippen molar-refractivity contribution in [2.24, 2.45) is 5.10 Å². The normalized spacial score (nSPS) is 15.0. The van der Waals surface area contributed by atoms with Crippen LogP contribution in [-0.4, -0.2) is 30.8 Å². The summed E-state index contributed by atoms with van der Waals surface area (Å²) in [6.45, 7) is 11.7. The molecule has 1 N–H and O–H groups in total. The molecule has 0 fully saturated rings. The Hall–Kier alpha value is -2.60. The van der Waals surface area contributed by atoms with E-state index < -0.39 is 0 Å². The zero-order valence-corrected chi connectivity index (χ0v) is 19.7. The molecule has 0 bridgehead atoms. The molecular formula is C24H28BrN3O2. The van der Waals surface area contributed by atoms with Gasteiger partial charge < -0.3 is 9.64 Å². The maximum atomic E-state index is 12.0. The first-order valence-electron chi connectivity index (χ1n) is 10.0. The Bertz CT molecular complexity index is 1010. The number of fused-ring (bicyclic) bond motifs is 1. The van der Waals surface area contributed by atoms with Gasteiger partial charge >= 0.3 is 0 Å². The van der Waals surface area contributed by atoms with Crippen molar-refractivity contribution in [3.05, 3.63) is 63.6 Å². The third-order valence-electron chi connectivity index (χ3n) is 5.24. The highest BCUT2D eigenvalue weighted by atomic mass is 79.9. The number of hydrogen-bond donors (Lipinski definition) is 1. The predicted molar refractivity (Wildman–Crippen MR) is 127 cm³/mol. The Morgan fingerprint density at radius 1 is 1.27 bits per heavy atom. The molecule has 0 spiro atoms. The first-order chi connectivity index (χ1) is 14.2. The van der Waals surface area contributed by atoms with E-state index in [1.807, 2.05) is 18.2 Å². The summed E-state index contributed by atoms with van der Waals surface area (Å²) in [4.78, 5) is 14.4. The van der Waals surface area contributed by atoms with E-state index in [2.05, 4.69) is 84.2 Å². The SMILES string of the molecule is CCN1c2cc(C)c(/C=N\NC(=O)COc3cccc(Br)c3)cc2C(C)=CC1(C)C. The number of allylic oxidation sites excluding steroid dienone is 1. The number of benzene rings is 2. The van der Waals surface area contributed by atoms with E-state index in [9.17, 15) is 4.79 Å². The molecule has 2 aromatic carbocycles. The predicted octanol–water partition coefficient (Wildman–Crippen LogP) is 5.31. The van der Waals surface area contributed by atoms with Crippen molar-refractivity contribution in [3.8, 4) is 5.75 Å². The largest absolute Gasteiger partial charge is 0.484 e. The zero-order valence-electron chi connectivity index (χ0n) is 18.1. The average molecular weight is 470 g/mol. The molecular weight excluding hydrogens is 442 g/mol. The van der Waals surface area contributed by atoms with Crippen LogP contribution in [0.15, 0.2) is 52.0 Å². The summed E-state index contributed by atoms with van der Waals surface area (Å²) in [6.07, 6.45) is 3.99. The number of amides is 1. The quantitative estimate of drug-likeness (QED) is 0.460. The molecule has 30 heavy (non-hydrogen) atoms. The second-order valence-corrected chi connectivity index (χ2v) is 8.91. The van der Waals surface area contributed by atoms with Crippen LogP contribution in [0.1, 0.15) is 44.4 Å². The van der Waals surface area contributed by atoms with Crippen molar-refractivity contribution < 1.29 is 9.53 Å². The molecule has 3 rings (SSSR count). The number of anilines is 1. The van der Waals surface area contributed by atoms with Gasteiger partial charge in [-0.1, -0.05) is 28.1 Å². The average Bonchev–Trinajstić information content (AvgIpc) is 2.67. The molecule has 0 aromatic heterocycles. The minimum atomic E-state index is -0.308. The number of hydrogen-bond acceptors (Lipinski definition) is 4. The van der Waals surface area contributed by atoms with Gasteiger partial charge in [-0.15, -0.1) is 0 Å². The van der Waals surface area contributed by atoms with Gasteiger partial charge in [0.05, 0.1) is 11.8 Å². The maximum absolute atomic E-state index is 12.0. The summed E-state index contributed by atoms with van der Waals surface area (Å²) in [7, 11) is 0. The standard InChI is InChI=1S/C24H28BrN3O2/c1-6-28-22-10-16(2)18(11-21(22)17(3)13-24(28,4)5)14-26-27-23(29)15-30-20-9-7-8-19(25)12-20/h7-14H,6,15H2,1-5H3,(H,27,29)/b26-14-. The van der Waals surface area contributed by atoms with Crippen LogP contribution in [0.25, 0.3) is 5.57 Å². The lowest BCUT2D eigenvalue weighted by atomic mass is 9.87. The molecule has 1 aliphatic rings. The second-order valence-electron chi connectivity index (χ2n) is 7.99.